The summed E-state index contributed by atoms with van der Waals surface area (Å²) in [6, 6.07) is 17.5. The number of aryl methyl sites for hydroxylation is 1. The van der Waals surface area contributed by atoms with E-state index in [2.05, 4.69) is 15.4 Å². The summed E-state index contributed by atoms with van der Waals surface area (Å²) in [6.45, 7) is 1.78. The minimum absolute atomic E-state index is 0.0561. The molecule has 0 fully saturated rings. The van der Waals surface area contributed by atoms with Gasteiger partial charge in [0.2, 0.25) is 5.91 Å². The molecule has 0 aliphatic heterocycles. The molecular weight excluding hydrogens is 376 g/mol. The van der Waals surface area contributed by atoms with Crippen LogP contribution in [0.2, 0.25) is 0 Å². The molecule has 0 spiro atoms. The number of fused-ring (bicyclic) bond motifs is 3. The number of carbonyl (C=O) groups excluding carboxylic acids is 1. The maximum absolute atomic E-state index is 13.0. The van der Waals surface area contributed by atoms with Crippen LogP contribution in [0.3, 0.4) is 0 Å². The van der Waals surface area contributed by atoms with Crippen LogP contribution in [-0.2, 0) is 0 Å². The van der Waals surface area contributed by atoms with E-state index in [9.17, 15) is 4.79 Å². The van der Waals surface area contributed by atoms with E-state index >= 15 is 0 Å². The number of rotatable bonds is 4. The van der Waals surface area contributed by atoms with Gasteiger partial charge in [-0.3, -0.25) is 9.36 Å². The van der Waals surface area contributed by atoms with Crippen molar-refractivity contribution in [3.05, 3.63) is 60.4 Å². The van der Waals surface area contributed by atoms with Gasteiger partial charge in [-0.25, -0.2) is 0 Å². The van der Waals surface area contributed by atoms with E-state index in [-0.39, 0.29) is 17.6 Å². The van der Waals surface area contributed by atoms with Gasteiger partial charge in [-0.1, -0.05) is 53.3 Å². The fraction of sp³-hybridized carbons (Fsp3) is 0.100. The third-order valence-electron chi connectivity index (χ3n) is 4.40. The fourth-order valence-corrected chi connectivity index (χ4v) is 3.83. The van der Waals surface area contributed by atoms with E-state index in [1.807, 2.05) is 48.5 Å². The van der Waals surface area contributed by atoms with E-state index in [1.54, 1.807) is 17.6 Å². The lowest BCUT2D eigenvalue weighted by molar-refractivity contribution is 0.0951. The molecule has 28 heavy (non-hydrogen) atoms. The van der Waals surface area contributed by atoms with Crippen molar-refractivity contribution in [2.24, 2.45) is 0 Å². The second kappa shape index (κ2) is 6.65. The number of nitrogens with zero attached hydrogens (tertiary/aromatic N) is 4. The van der Waals surface area contributed by atoms with Crippen LogP contribution in [0.15, 0.2) is 68.8 Å². The number of benzene rings is 2. The van der Waals surface area contributed by atoms with E-state index in [0.29, 0.717) is 16.7 Å². The molecule has 138 valence electrons. The van der Waals surface area contributed by atoms with Gasteiger partial charge in [0.15, 0.2) is 5.69 Å². The Kier molecular flexibility index (Phi) is 3.98. The summed E-state index contributed by atoms with van der Waals surface area (Å²) in [5.74, 6) is 1.04. The second-order valence-corrected chi connectivity index (χ2v) is 7.17. The third-order valence-corrected chi connectivity index (χ3v) is 5.21. The molecular formula is C20H14N4O3S. The predicted octanol–water partition coefficient (Wildman–Crippen LogP) is 4.57. The lowest BCUT2D eigenvalue weighted by Crippen LogP contribution is -2.12. The molecule has 0 atom stereocenters. The normalized spacial score (nSPS) is 11.5. The molecule has 0 saturated heterocycles. The molecule has 0 N–H and O–H groups in total. The average Bonchev–Trinajstić information content (AvgIpc) is 3.43. The van der Waals surface area contributed by atoms with Gasteiger partial charge in [-0.05, 0) is 19.1 Å². The van der Waals surface area contributed by atoms with Crippen LogP contribution in [0.5, 0.6) is 0 Å². The Morgan fingerprint density at radius 2 is 1.71 bits per heavy atom. The second-order valence-electron chi connectivity index (χ2n) is 6.25. The number of hydrogen-bond donors (Lipinski definition) is 0. The van der Waals surface area contributed by atoms with Crippen LogP contribution in [0.25, 0.3) is 33.4 Å². The average molecular weight is 390 g/mol. The zero-order valence-corrected chi connectivity index (χ0v) is 15.6. The SMILES string of the molecule is Cc1cc(-c2nnc(SCC(=O)n3c4ccccc4c4ccccc43)o2)no1. The highest BCUT2D eigenvalue weighted by molar-refractivity contribution is 7.99. The van der Waals surface area contributed by atoms with Crippen LogP contribution >= 0.6 is 11.8 Å². The number of carbonyl (C=O) groups is 1. The summed E-state index contributed by atoms with van der Waals surface area (Å²) >= 11 is 1.20. The minimum Gasteiger partial charge on any atom is -0.409 e. The van der Waals surface area contributed by atoms with Crippen LogP contribution in [0.4, 0.5) is 0 Å². The van der Waals surface area contributed by atoms with Crippen LogP contribution in [-0.4, -0.2) is 31.6 Å². The van der Waals surface area contributed by atoms with Gasteiger partial charge in [-0.15, -0.1) is 10.2 Å². The van der Waals surface area contributed by atoms with Gasteiger partial charge < -0.3 is 8.94 Å². The molecule has 0 saturated carbocycles. The Balaban J connectivity index is 1.43. The van der Waals surface area contributed by atoms with Crippen molar-refractivity contribution < 1.29 is 13.7 Å². The summed E-state index contributed by atoms with van der Waals surface area (Å²) in [7, 11) is 0. The first-order valence-electron chi connectivity index (χ1n) is 8.62. The van der Waals surface area contributed by atoms with Crippen molar-refractivity contribution in [2.75, 3.05) is 5.75 Å². The largest absolute Gasteiger partial charge is 0.409 e. The van der Waals surface area contributed by atoms with Crippen LogP contribution in [0, 0.1) is 6.92 Å². The van der Waals surface area contributed by atoms with Crippen molar-refractivity contribution >= 4 is 39.5 Å². The lowest BCUT2D eigenvalue weighted by Gasteiger charge is -2.04. The first-order chi connectivity index (χ1) is 13.7. The monoisotopic (exact) mass is 390 g/mol. The van der Waals surface area contributed by atoms with Gasteiger partial charge in [0.1, 0.15) is 5.76 Å². The fourth-order valence-electron chi connectivity index (χ4n) is 3.22. The summed E-state index contributed by atoms with van der Waals surface area (Å²) in [4.78, 5) is 13.0. The highest BCUT2D eigenvalue weighted by atomic mass is 32.2. The van der Waals surface area contributed by atoms with E-state index in [4.69, 9.17) is 8.94 Å². The molecule has 8 heteroatoms. The van der Waals surface area contributed by atoms with Gasteiger partial charge in [-0.2, -0.15) is 0 Å². The number of para-hydroxylation sites is 2. The van der Waals surface area contributed by atoms with Crippen molar-refractivity contribution in [1.29, 1.82) is 0 Å². The molecule has 0 amide bonds. The summed E-state index contributed by atoms with van der Waals surface area (Å²) in [5.41, 5.74) is 2.25. The van der Waals surface area contributed by atoms with Gasteiger partial charge in [0, 0.05) is 16.8 Å². The summed E-state index contributed by atoms with van der Waals surface area (Å²) < 4.78 is 12.3. The van der Waals surface area contributed by atoms with Crippen molar-refractivity contribution in [3.63, 3.8) is 0 Å². The minimum atomic E-state index is -0.0561. The third kappa shape index (κ3) is 2.78. The molecule has 0 aliphatic carbocycles. The predicted molar refractivity (Wildman–Crippen MR) is 105 cm³/mol. The lowest BCUT2D eigenvalue weighted by atomic mass is 10.2. The highest BCUT2D eigenvalue weighted by Crippen LogP contribution is 2.30. The van der Waals surface area contributed by atoms with Crippen LogP contribution in [0.1, 0.15) is 10.6 Å². The Labute approximate surface area is 163 Å². The van der Waals surface area contributed by atoms with Crippen molar-refractivity contribution in [1.82, 2.24) is 19.9 Å². The topological polar surface area (TPSA) is 87.0 Å². The first-order valence-corrected chi connectivity index (χ1v) is 9.60. The first kappa shape index (κ1) is 16.8. The van der Waals surface area contributed by atoms with Crippen molar-refractivity contribution in [2.45, 2.75) is 12.1 Å². The smallest absolute Gasteiger partial charge is 0.277 e. The van der Waals surface area contributed by atoms with Gasteiger partial charge in [0.25, 0.3) is 11.1 Å². The van der Waals surface area contributed by atoms with Gasteiger partial charge >= 0.3 is 0 Å². The number of hydrogen-bond acceptors (Lipinski definition) is 7. The summed E-state index contributed by atoms with van der Waals surface area (Å²) in [6.07, 6.45) is 0. The molecule has 0 unspecified atom stereocenters. The Hall–Kier alpha value is -3.39. The molecule has 0 bridgehead atoms. The zero-order chi connectivity index (χ0) is 19.1. The summed E-state index contributed by atoms with van der Waals surface area (Å²) in [5, 5.41) is 14.2. The Morgan fingerprint density at radius 3 is 2.36 bits per heavy atom. The maximum atomic E-state index is 13.0. The molecule has 0 radical (unpaired) electrons. The highest BCUT2D eigenvalue weighted by Gasteiger charge is 2.18. The van der Waals surface area contributed by atoms with E-state index < -0.39 is 0 Å². The molecule has 3 aromatic heterocycles. The molecule has 5 aromatic rings. The molecule has 5 rings (SSSR count). The molecule has 0 aliphatic rings. The number of thioether (sulfide) groups is 1. The van der Waals surface area contributed by atoms with E-state index in [0.717, 1.165) is 21.8 Å². The number of aromatic nitrogens is 4. The molecule has 2 aromatic carbocycles. The van der Waals surface area contributed by atoms with Crippen LogP contribution < -0.4 is 0 Å². The van der Waals surface area contributed by atoms with Gasteiger partial charge in [0.05, 0.1) is 16.8 Å². The van der Waals surface area contributed by atoms with E-state index in [1.165, 1.54) is 11.8 Å². The Morgan fingerprint density at radius 1 is 1.04 bits per heavy atom. The standard InChI is InChI=1S/C20H14N4O3S/c1-12-10-15(23-27-12)19-21-22-20(26-19)28-11-18(25)24-16-8-4-2-6-13(16)14-7-3-5-9-17(14)24/h2-10H,11H2,1H3. The maximum Gasteiger partial charge on any atom is 0.277 e. The zero-order valence-electron chi connectivity index (χ0n) is 14.8. The molecule has 3 heterocycles. The van der Waals surface area contributed by atoms with Crippen molar-refractivity contribution in [3.8, 4) is 11.6 Å². The quantitative estimate of drug-likeness (QED) is 0.415. The molecule has 7 nitrogen and oxygen atoms in total. The Bertz CT molecular complexity index is 1260.